The van der Waals surface area contributed by atoms with E-state index in [1.165, 1.54) is 13.1 Å². The molecule has 142 valence electrons. The Morgan fingerprint density at radius 2 is 1.62 bits per heavy atom. The van der Waals surface area contributed by atoms with Crippen LogP contribution in [0.4, 0.5) is 4.79 Å². The molecule has 0 bridgehead atoms. The van der Waals surface area contributed by atoms with Crippen molar-refractivity contribution in [2.24, 2.45) is 11.8 Å². The number of carbonyl (C=O) groups excluding carboxylic acids is 1. The first-order chi connectivity index (χ1) is 11.4. The SMILES string of the molecule is CCCCOC(=O)N1CCN(CCN(CC(C)C)CC(C)C)CC1. The average Bonchev–Trinajstić information content (AvgIpc) is 2.52. The van der Waals surface area contributed by atoms with Crippen LogP contribution >= 0.6 is 0 Å². The summed E-state index contributed by atoms with van der Waals surface area (Å²) in [5, 5.41) is 0. The summed E-state index contributed by atoms with van der Waals surface area (Å²) in [6, 6.07) is 0. The summed E-state index contributed by atoms with van der Waals surface area (Å²) in [4.78, 5) is 18.9. The van der Waals surface area contributed by atoms with Gasteiger partial charge in [-0.05, 0) is 18.3 Å². The van der Waals surface area contributed by atoms with Gasteiger partial charge in [0.15, 0.2) is 0 Å². The highest BCUT2D eigenvalue weighted by atomic mass is 16.6. The van der Waals surface area contributed by atoms with Gasteiger partial charge < -0.3 is 14.5 Å². The van der Waals surface area contributed by atoms with Crippen LogP contribution in [-0.4, -0.2) is 79.8 Å². The lowest BCUT2D eigenvalue weighted by Gasteiger charge is -2.35. The molecule has 5 heteroatoms. The fraction of sp³-hybridized carbons (Fsp3) is 0.947. The number of hydrogen-bond acceptors (Lipinski definition) is 4. The molecule has 1 aliphatic rings. The molecule has 0 unspecified atom stereocenters. The van der Waals surface area contributed by atoms with Gasteiger partial charge in [-0.1, -0.05) is 41.0 Å². The summed E-state index contributed by atoms with van der Waals surface area (Å²) in [5.41, 5.74) is 0. The van der Waals surface area contributed by atoms with E-state index < -0.39 is 0 Å². The van der Waals surface area contributed by atoms with Gasteiger partial charge in [-0.25, -0.2) is 4.79 Å². The molecule has 0 saturated carbocycles. The van der Waals surface area contributed by atoms with E-state index in [1.54, 1.807) is 0 Å². The van der Waals surface area contributed by atoms with Gasteiger partial charge in [0.1, 0.15) is 0 Å². The predicted octanol–water partition coefficient (Wildman–Crippen LogP) is 3.15. The quantitative estimate of drug-likeness (QED) is 0.572. The van der Waals surface area contributed by atoms with E-state index in [1.807, 2.05) is 4.90 Å². The normalized spacial score (nSPS) is 16.4. The Labute approximate surface area is 149 Å². The molecule has 0 radical (unpaired) electrons. The molecule has 0 aromatic carbocycles. The lowest BCUT2D eigenvalue weighted by Crippen LogP contribution is -2.50. The van der Waals surface area contributed by atoms with Crippen LogP contribution in [0.15, 0.2) is 0 Å². The van der Waals surface area contributed by atoms with Gasteiger partial charge in [-0.15, -0.1) is 0 Å². The van der Waals surface area contributed by atoms with Gasteiger partial charge in [0, 0.05) is 52.4 Å². The minimum Gasteiger partial charge on any atom is -0.449 e. The summed E-state index contributed by atoms with van der Waals surface area (Å²) in [6.07, 6.45) is 1.88. The highest BCUT2D eigenvalue weighted by Gasteiger charge is 2.22. The van der Waals surface area contributed by atoms with E-state index in [-0.39, 0.29) is 6.09 Å². The fourth-order valence-corrected chi connectivity index (χ4v) is 3.12. The largest absolute Gasteiger partial charge is 0.449 e. The number of amides is 1. The standard InChI is InChI=1S/C19H39N3O2/c1-6-7-14-24-19(23)22-12-10-20(11-13-22)8-9-21(15-17(2)3)16-18(4)5/h17-18H,6-16H2,1-5H3. The van der Waals surface area contributed by atoms with Crippen LogP contribution in [0.25, 0.3) is 0 Å². The Morgan fingerprint density at radius 1 is 1.04 bits per heavy atom. The van der Waals surface area contributed by atoms with Crippen LogP contribution in [-0.2, 0) is 4.74 Å². The third-order valence-electron chi connectivity index (χ3n) is 4.33. The Bertz CT molecular complexity index is 330. The molecular formula is C19H39N3O2. The number of ether oxygens (including phenoxy) is 1. The molecule has 24 heavy (non-hydrogen) atoms. The van der Waals surface area contributed by atoms with Crippen molar-refractivity contribution in [1.29, 1.82) is 0 Å². The summed E-state index contributed by atoms with van der Waals surface area (Å²) in [6.45, 7) is 19.9. The second kappa shape index (κ2) is 11.7. The van der Waals surface area contributed by atoms with Gasteiger partial charge in [0.05, 0.1) is 6.61 Å². The first-order valence-corrected chi connectivity index (χ1v) is 9.78. The maximum Gasteiger partial charge on any atom is 0.409 e. The summed E-state index contributed by atoms with van der Waals surface area (Å²) < 4.78 is 5.30. The molecule has 1 amide bonds. The van der Waals surface area contributed by atoms with Crippen LogP contribution < -0.4 is 0 Å². The number of piperazine rings is 1. The monoisotopic (exact) mass is 341 g/mol. The Balaban J connectivity index is 2.27. The van der Waals surface area contributed by atoms with E-state index >= 15 is 0 Å². The van der Waals surface area contributed by atoms with Crippen molar-refractivity contribution >= 4 is 6.09 Å². The zero-order valence-corrected chi connectivity index (χ0v) is 16.6. The number of carbonyl (C=O) groups is 1. The van der Waals surface area contributed by atoms with Crippen molar-refractivity contribution in [2.45, 2.75) is 47.5 Å². The number of rotatable bonds is 10. The molecule has 1 rings (SSSR count). The summed E-state index contributed by atoms with van der Waals surface area (Å²) >= 11 is 0. The van der Waals surface area contributed by atoms with Crippen molar-refractivity contribution in [3.05, 3.63) is 0 Å². The second-order valence-electron chi connectivity index (χ2n) is 7.84. The molecule has 0 aromatic rings. The van der Waals surface area contributed by atoms with Gasteiger partial charge in [0.2, 0.25) is 0 Å². The van der Waals surface area contributed by atoms with E-state index in [2.05, 4.69) is 44.4 Å². The molecular weight excluding hydrogens is 302 g/mol. The highest BCUT2D eigenvalue weighted by molar-refractivity contribution is 5.67. The number of nitrogens with zero attached hydrogens (tertiary/aromatic N) is 3. The van der Waals surface area contributed by atoms with E-state index in [0.29, 0.717) is 18.4 Å². The first kappa shape index (κ1) is 21.2. The predicted molar refractivity (Wildman–Crippen MR) is 100 cm³/mol. The molecule has 1 aliphatic heterocycles. The summed E-state index contributed by atoms with van der Waals surface area (Å²) in [7, 11) is 0. The third-order valence-corrected chi connectivity index (χ3v) is 4.33. The Kier molecular flexibility index (Phi) is 10.3. The van der Waals surface area contributed by atoms with Gasteiger partial charge in [-0.2, -0.15) is 0 Å². The van der Waals surface area contributed by atoms with Crippen LogP contribution in [0.5, 0.6) is 0 Å². The van der Waals surface area contributed by atoms with E-state index in [9.17, 15) is 4.79 Å². The van der Waals surface area contributed by atoms with E-state index in [4.69, 9.17) is 4.74 Å². The molecule has 0 atom stereocenters. The lowest BCUT2D eigenvalue weighted by molar-refractivity contribution is 0.0713. The van der Waals surface area contributed by atoms with Crippen LogP contribution in [0.1, 0.15) is 47.5 Å². The molecule has 1 fully saturated rings. The molecule has 0 aliphatic carbocycles. The highest BCUT2D eigenvalue weighted by Crippen LogP contribution is 2.07. The Morgan fingerprint density at radius 3 is 2.12 bits per heavy atom. The number of hydrogen-bond donors (Lipinski definition) is 0. The minimum atomic E-state index is -0.135. The van der Waals surface area contributed by atoms with Gasteiger partial charge in [-0.3, -0.25) is 4.90 Å². The molecule has 0 N–H and O–H groups in total. The van der Waals surface area contributed by atoms with Crippen LogP contribution in [0.3, 0.4) is 0 Å². The Hall–Kier alpha value is -0.810. The van der Waals surface area contributed by atoms with Crippen molar-refractivity contribution in [3.63, 3.8) is 0 Å². The number of unbranched alkanes of at least 4 members (excludes halogenated alkanes) is 1. The second-order valence-corrected chi connectivity index (χ2v) is 7.84. The maximum absolute atomic E-state index is 12.0. The topological polar surface area (TPSA) is 36.0 Å². The van der Waals surface area contributed by atoms with Crippen LogP contribution in [0, 0.1) is 11.8 Å². The molecule has 0 spiro atoms. The molecule has 5 nitrogen and oxygen atoms in total. The fourth-order valence-electron chi connectivity index (χ4n) is 3.12. The third kappa shape index (κ3) is 8.88. The zero-order chi connectivity index (χ0) is 17.9. The molecule has 0 aromatic heterocycles. The van der Waals surface area contributed by atoms with Crippen molar-refractivity contribution in [1.82, 2.24) is 14.7 Å². The first-order valence-electron chi connectivity index (χ1n) is 9.78. The van der Waals surface area contributed by atoms with Gasteiger partial charge >= 0.3 is 6.09 Å². The van der Waals surface area contributed by atoms with Crippen molar-refractivity contribution in [2.75, 3.05) is 59.0 Å². The zero-order valence-electron chi connectivity index (χ0n) is 16.6. The molecule has 1 heterocycles. The van der Waals surface area contributed by atoms with Crippen molar-refractivity contribution in [3.8, 4) is 0 Å². The minimum absolute atomic E-state index is 0.135. The average molecular weight is 342 g/mol. The molecule has 1 saturated heterocycles. The smallest absolute Gasteiger partial charge is 0.409 e. The van der Waals surface area contributed by atoms with Crippen molar-refractivity contribution < 1.29 is 9.53 Å². The summed E-state index contributed by atoms with van der Waals surface area (Å²) in [5.74, 6) is 1.41. The van der Waals surface area contributed by atoms with Gasteiger partial charge in [0.25, 0.3) is 0 Å². The van der Waals surface area contributed by atoms with E-state index in [0.717, 1.165) is 52.1 Å². The van der Waals surface area contributed by atoms with Crippen LogP contribution in [0.2, 0.25) is 0 Å². The lowest BCUT2D eigenvalue weighted by atomic mass is 10.1. The maximum atomic E-state index is 12.0.